The molecule has 5 nitrogen and oxygen atoms in total. The van der Waals surface area contributed by atoms with Crippen LogP contribution in [0, 0.1) is 5.92 Å². The van der Waals surface area contributed by atoms with Crippen molar-refractivity contribution in [1.82, 2.24) is 15.6 Å². The van der Waals surface area contributed by atoms with Crippen LogP contribution < -0.4 is 15.5 Å². The highest BCUT2D eigenvalue weighted by Crippen LogP contribution is 2.14. The molecule has 1 aromatic rings. The van der Waals surface area contributed by atoms with Crippen LogP contribution in [-0.4, -0.2) is 43.1 Å². The minimum absolute atomic E-state index is 0.0173. The van der Waals surface area contributed by atoms with Crippen LogP contribution in [0.2, 0.25) is 0 Å². The Morgan fingerprint density at radius 3 is 2.86 bits per heavy atom. The number of rotatable bonds is 6. The first-order chi connectivity index (χ1) is 10.7. The van der Waals surface area contributed by atoms with Crippen molar-refractivity contribution in [3.8, 4) is 0 Å². The van der Waals surface area contributed by atoms with Gasteiger partial charge in [-0.3, -0.25) is 4.79 Å². The average Bonchev–Trinajstić information content (AvgIpc) is 2.55. The predicted octanol–water partition coefficient (Wildman–Crippen LogP) is 2.05. The summed E-state index contributed by atoms with van der Waals surface area (Å²) in [5.41, 5.74) is 0.641. The highest BCUT2D eigenvalue weighted by Gasteiger charge is 2.23. The fourth-order valence-corrected chi connectivity index (χ4v) is 2.89. The van der Waals surface area contributed by atoms with Crippen molar-refractivity contribution >= 4 is 11.7 Å². The standard InChI is InChI=1S/C17H28N4O/c1-4-10-21(5-2)16-7-6-14(12-19-16)17(22)20-15-8-9-18-11-13(15)3/h6-7,12-13,15,18H,4-5,8-11H2,1-3H3,(H,20,22). The number of piperidine rings is 1. The van der Waals surface area contributed by atoms with E-state index in [0.717, 1.165) is 44.8 Å². The fourth-order valence-electron chi connectivity index (χ4n) is 2.89. The molecule has 2 rings (SSSR count). The number of pyridine rings is 1. The van der Waals surface area contributed by atoms with Crippen molar-refractivity contribution in [3.63, 3.8) is 0 Å². The topological polar surface area (TPSA) is 57.3 Å². The van der Waals surface area contributed by atoms with Gasteiger partial charge < -0.3 is 15.5 Å². The summed E-state index contributed by atoms with van der Waals surface area (Å²) >= 11 is 0. The smallest absolute Gasteiger partial charge is 0.253 e. The third-order valence-corrected chi connectivity index (χ3v) is 4.31. The molecule has 5 heteroatoms. The maximum Gasteiger partial charge on any atom is 0.253 e. The molecule has 2 heterocycles. The molecule has 0 radical (unpaired) electrons. The first-order valence-corrected chi connectivity index (χ1v) is 8.38. The molecular weight excluding hydrogens is 276 g/mol. The van der Waals surface area contributed by atoms with Gasteiger partial charge in [-0.25, -0.2) is 4.98 Å². The fraction of sp³-hybridized carbons (Fsp3) is 0.647. The normalized spacial score (nSPS) is 21.4. The Morgan fingerprint density at radius 1 is 1.45 bits per heavy atom. The van der Waals surface area contributed by atoms with Crippen LogP contribution in [0.4, 0.5) is 5.82 Å². The minimum atomic E-state index is -0.0173. The molecule has 1 saturated heterocycles. The molecule has 0 aliphatic carbocycles. The van der Waals surface area contributed by atoms with E-state index in [2.05, 4.69) is 41.3 Å². The summed E-state index contributed by atoms with van der Waals surface area (Å²) in [5, 5.41) is 6.49. The van der Waals surface area contributed by atoms with Gasteiger partial charge in [-0.15, -0.1) is 0 Å². The van der Waals surface area contributed by atoms with Crippen LogP contribution in [0.25, 0.3) is 0 Å². The molecule has 0 spiro atoms. The Morgan fingerprint density at radius 2 is 2.27 bits per heavy atom. The zero-order valence-corrected chi connectivity index (χ0v) is 13.9. The van der Waals surface area contributed by atoms with Gasteiger partial charge in [0.25, 0.3) is 5.91 Å². The second-order valence-electron chi connectivity index (χ2n) is 6.03. The summed E-state index contributed by atoms with van der Waals surface area (Å²) in [6.07, 6.45) is 3.76. The van der Waals surface area contributed by atoms with E-state index in [1.807, 2.05) is 12.1 Å². The van der Waals surface area contributed by atoms with E-state index in [1.165, 1.54) is 0 Å². The molecule has 1 aliphatic heterocycles. The van der Waals surface area contributed by atoms with Gasteiger partial charge >= 0.3 is 0 Å². The molecule has 1 fully saturated rings. The molecular formula is C17H28N4O. The molecule has 1 aromatic heterocycles. The van der Waals surface area contributed by atoms with Crippen LogP contribution in [0.15, 0.2) is 18.3 Å². The van der Waals surface area contributed by atoms with Crippen molar-refractivity contribution in [2.24, 2.45) is 5.92 Å². The Labute approximate surface area is 133 Å². The maximum absolute atomic E-state index is 12.3. The van der Waals surface area contributed by atoms with Gasteiger partial charge in [-0.1, -0.05) is 13.8 Å². The Balaban J connectivity index is 1.98. The van der Waals surface area contributed by atoms with E-state index in [0.29, 0.717) is 11.5 Å². The lowest BCUT2D eigenvalue weighted by Crippen LogP contribution is -2.48. The molecule has 0 bridgehead atoms. The molecule has 22 heavy (non-hydrogen) atoms. The third kappa shape index (κ3) is 4.19. The monoisotopic (exact) mass is 304 g/mol. The van der Waals surface area contributed by atoms with Gasteiger partial charge in [0.1, 0.15) is 5.82 Å². The average molecular weight is 304 g/mol. The van der Waals surface area contributed by atoms with Crippen molar-refractivity contribution in [1.29, 1.82) is 0 Å². The molecule has 2 atom stereocenters. The Bertz CT molecular complexity index is 474. The number of nitrogens with one attached hydrogen (secondary N) is 2. The molecule has 2 N–H and O–H groups in total. The number of hydrogen-bond acceptors (Lipinski definition) is 4. The van der Waals surface area contributed by atoms with E-state index in [9.17, 15) is 4.79 Å². The highest BCUT2D eigenvalue weighted by molar-refractivity contribution is 5.94. The largest absolute Gasteiger partial charge is 0.357 e. The zero-order valence-electron chi connectivity index (χ0n) is 13.9. The lowest BCUT2D eigenvalue weighted by atomic mass is 9.95. The number of carbonyl (C=O) groups is 1. The van der Waals surface area contributed by atoms with Crippen LogP contribution >= 0.6 is 0 Å². The van der Waals surface area contributed by atoms with Crippen molar-refractivity contribution in [2.75, 3.05) is 31.1 Å². The summed E-state index contributed by atoms with van der Waals surface area (Å²) in [7, 11) is 0. The quantitative estimate of drug-likeness (QED) is 0.844. The summed E-state index contributed by atoms with van der Waals surface area (Å²) in [4.78, 5) is 19.0. The first kappa shape index (κ1) is 16.7. The van der Waals surface area contributed by atoms with Crippen molar-refractivity contribution in [3.05, 3.63) is 23.9 Å². The van der Waals surface area contributed by atoms with Crippen LogP contribution in [0.5, 0.6) is 0 Å². The van der Waals surface area contributed by atoms with Crippen LogP contribution in [-0.2, 0) is 0 Å². The van der Waals surface area contributed by atoms with Crippen LogP contribution in [0.3, 0.4) is 0 Å². The second kappa shape index (κ2) is 8.13. The molecule has 0 saturated carbocycles. The van der Waals surface area contributed by atoms with E-state index < -0.39 is 0 Å². The Hall–Kier alpha value is -1.62. The SMILES string of the molecule is CCCN(CC)c1ccc(C(=O)NC2CCNCC2C)cn1. The van der Waals surface area contributed by atoms with Gasteiger partial charge in [-0.05, 0) is 50.9 Å². The molecule has 2 unspecified atom stereocenters. The number of anilines is 1. The van der Waals surface area contributed by atoms with Gasteiger partial charge in [0.15, 0.2) is 0 Å². The molecule has 1 aliphatic rings. The van der Waals surface area contributed by atoms with E-state index in [1.54, 1.807) is 6.20 Å². The summed E-state index contributed by atoms with van der Waals surface area (Å²) in [6.45, 7) is 10.3. The second-order valence-corrected chi connectivity index (χ2v) is 6.03. The lowest BCUT2D eigenvalue weighted by Gasteiger charge is -2.30. The number of amides is 1. The summed E-state index contributed by atoms with van der Waals surface area (Å²) < 4.78 is 0. The summed E-state index contributed by atoms with van der Waals surface area (Å²) in [6, 6.07) is 4.07. The first-order valence-electron chi connectivity index (χ1n) is 8.38. The van der Waals surface area contributed by atoms with Crippen molar-refractivity contribution < 1.29 is 4.79 Å². The molecule has 122 valence electrons. The van der Waals surface area contributed by atoms with Gasteiger partial charge in [0.05, 0.1) is 5.56 Å². The minimum Gasteiger partial charge on any atom is -0.357 e. The van der Waals surface area contributed by atoms with E-state index >= 15 is 0 Å². The predicted molar refractivity (Wildman–Crippen MR) is 90.3 cm³/mol. The molecule has 0 aromatic carbocycles. The van der Waals surface area contributed by atoms with Crippen molar-refractivity contribution in [2.45, 2.75) is 39.7 Å². The van der Waals surface area contributed by atoms with Gasteiger partial charge in [0, 0.05) is 25.3 Å². The number of carbonyl (C=O) groups excluding carboxylic acids is 1. The number of aromatic nitrogens is 1. The van der Waals surface area contributed by atoms with Gasteiger partial charge in [0.2, 0.25) is 0 Å². The number of nitrogens with zero attached hydrogens (tertiary/aromatic N) is 2. The van der Waals surface area contributed by atoms with E-state index in [-0.39, 0.29) is 11.9 Å². The summed E-state index contributed by atoms with van der Waals surface area (Å²) in [5.74, 6) is 1.39. The lowest BCUT2D eigenvalue weighted by molar-refractivity contribution is 0.0914. The zero-order chi connectivity index (χ0) is 15.9. The van der Waals surface area contributed by atoms with E-state index in [4.69, 9.17) is 0 Å². The highest BCUT2D eigenvalue weighted by atomic mass is 16.1. The van der Waals surface area contributed by atoms with Crippen LogP contribution in [0.1, 0.15) is 44.0 Å². The molecule has 1 amide bonds. The number of hydrogen-bond donors (Lipinski definition) is 2. The Kier molecular flexibility index (Phi) is 6.19. The third-order valence-electron chi connectivity index (χ3n) is 4.31. The maximum atomic E-state index is 12.3. The van der Waals surface area contributed by atoms with Gasteiger partial charge in [-0.2, -0.15) is 0 Å².